The third kappa shape index (κ3) is 6.00. The molecule has 0 unspecified atom stereocenters. The zero-order valence-electron chi connectivity index (χ0n) is 12.3. The minimum absolute atomic E-state index is 0.0615. The highest BCUT2D eigenvalue weighted by Crippen LogP contribution is 2.24. The van der Waals surface area contributed by atoms with Crippen LogP contribution >= 0.6 is 11.6 Å². The van der Waals surface area contributed by atoms with E-state index in [9.17, 15) is 18.0 Å². The Morgan fingerprint density at radius 2 is 1.75 bits per heavy atom. The van der Waals surface area contributed by atoms with Crippen molar-refractivity contribution in [2.45, 2.75) is 12.8 Å². The zero-order chi connectivity index (χ0) is 17.6. The number of alkyl halides is 3. The molecule has 0 spiro atoms. The van der Waals surface area contributed by atoms with Crippen molar-refractivity contribution in [3.63, 3.8) is 0 Å². The average molecular weight is 360 g/mol. The van der Waals surface area contributed by atoms with Crippen LogP contribution in [-0.2, 0) is 4.79 Å². The van der Waals surface area contributed by atoms with Crippen LogP contribution < -0.4 is 14.8 Å². The Kier molecular flexibility index (Phi) is 5.92. The largest absolute Gasteiger partial charge is 0.573 e. The molecule has 128 valence electrons. The van der Waals surface area contributed by atoms with E-state index in [2.05, 4.69) is 10.1 Å². The van der Waals surface area contributed by atoms with Gasteiger partial charge in [-0.2, -0.15) is 0 Å². The second kappa shape index (κ2) is 7.92. The van der Waals surface area contributed by atoms with Crippen LogP contribution in [0.2, 0.25) is 5.02 Å². The maximum absolute atomic E-state index is 12.0. The van der Waals surface area contributed by atoms with Crippen molar-refractivity contribution in [2.24, 2.45) is 0 Å². The lowest BCUT2D eigenvalue weighted by Gasteiger charge is -2.10. The summed E-state index contributed by atoms with van der Waals surface area (Å²) in [6, 6.07) is 11.7. The van der Waals surface area contributed by atoms with Gasteiger partial charge in [-0.3, -0.25) is 4.79 Å². The van der Waals surface area contributed by atoms with Crippen LogP contribution in [0, 0.1) is 0 Å². The zero-order valence-corrected chi connectivity index (χ0v) is 13.0. The van der Waals surface area contributed by atoms with Crippen LogP contribution in [0.4, 0.5) is 18.9 Å². The number of carbonyl (C=O) groups is 1. The first kappa shape index (κ1) is 17.9. The van der Waals surface area contributed by atoms with E-state index in [1.807, 2.05) is 0 Å². The molecular weight excluding hydrogens is 347 g/mol. The van der Waals surface area contributed by atoms with Gasteiger partial charge in [0.05, 0.1) is 18.1 Å². The number of rotatable bonds is 6. The van der Waals surface area contributed by atoms with Gasteiger partial charge < -0.3 is 14.8 Å². The van der Waals surface area contributed by atoms with Crippen LogP contribution in [0.15, 0.2) is 48.5 Å². The first-order valence-electron chi connectivity index (χ1n) is 6.86. The first-order chi connectivity index (χ1) is 11.3. The second-order valence-electron chi connectivity index (χ2n) is 4.65. The molecule has 0 radical (unpaired) electrons. The Labute approximate surface area is 141 Å². The molecule has 1 N–H and O–H groups in total. The van der Waals surface area contributed by atoms with Crippen LogP contribution in [0.1, 0.15) is 6.42 Å². The fourth-order valence-electron chi connectivity index (χ4n) is 1.78. The number of benzene rings is 2. The lowest BCUT2D eigenvalue weighted by Crippen LogP contribution is -2.17. The van der Waals surface area contributed by atoms with Crippen molar-refractivity contribution < 1.29 is 27.4 Å². The van der Waals surface area contributed by atoms with E-state index in [-0.39, 0.29) is 24.7 Å². The van der Waals surface area contributed by atoms with Gasteiger partial charge in [0.15, 0.2) is 0 Å². The number of carbonyl (C=O) groups excluding carboxylic acids is 1. The third-order valence-electron chi connectivity index (χ3n) is 2.79. The van der Waals surface area contributed by atoms with Gasteiger partial charge in [0.1, 0.15) is 11.5 Å². The summed E-state index contributed by atoms with van der Waals surface area (Å²) in [4.78, 5) is 11.8. The van der Waals surface area contributed by atoms with Crippen molar-refractivity contribution in [1.82, 2.24) is 0 Å². The summed E-state index contributed by atoms with van der Waals surface area (Å²) in [7, 11) is 0. The van der Waals surface area contributed by atoms with Gasteiger partial charge in [-0.05, 0) is 36.4 Å². The van der Waals surface area contributed by atoms with Gasteiger partial charge in [-0.25, -0.2) is 0 Å². The van der Waals surface area contributed by atoms with Crippen LogP contribution in [0.25, 0.3) is 0 Å². The number of halogens is 4. The summed E-state index contributed by atoms with van der Waals surface area (Å²) in [5.74, 6) is -0.227. The molecule has 0 aliphatic rings. The Bertz CT molecular complexity index is 690. The maximum atomic E-state index is 12.0. The van der Waals surface area contributed by atoms with Gasteiger partial charge in [-0.15, -0.1) is 13.2 Å². The van der Waals surface area contributed by atoms with Crippen molar-refractivity contribution in [3.05, 3.63) is 53.6 Å². The molecule has 0 aliphatic carbocycles. The van der Waals surface area contributed by atoms with Crippen molar-refractivity contribution >= 4 is 23.2 Å². The first-order valence-corrected chi connectivity index (χ1v) is 7.24. The summed E-state index contributed by atoms with van der Waals surface area (Å²) in [5, 5.41) is 2.99. The van der Waals surface area contributed by atoms with E-state index < -0.39 is 6.36 Å². The fraction of sp³-hybridized carbons (Fsp3) is 0.188. The van der Waals surface area contributed by atoms with Crippen LogP contribution in [0.3, 0.4) is 0 Å². The molecule has 2 aromatic rings. The number of anilines is 1. The summed E-state index contributed by atoms with van der Waals surface area (Å²) < 4.78 is 45.3. The highest BCUT2D eigenvalue weighted by molar-refractivity contribution is 6.32. The summed E-state index contributed by atoms with van der Waals surface area (Å²) in [6.45, 7) is 0.116. The molecule has 24 heavy (non-hydrogen) atoms. The van der Waals surface area contributed by atoms with Crippen LogP contribution in [0.5, 0.6) is 11.5 Å². The second-order valence-corrected chi connectivity index (χ2v) is 5.06. The molecule has 4 nitrogen and oxygen atoms in total. The summed E-state index contributed by atoms with van der Waals surface area (Å²) >= 11 is 5.91. The Morgan fingerprint density at radius 3 is 2.38 bits per heavy atom. The van der Waals surface area contributed by atoms with E-state index >= 15 is 0 Å². The smallest absolute Gasteiger partial charge is 0.491 e. The van der Waals surface area contributed by atoms with Crippen molar-refractivity contribution in [2.75, 3.05) is 11.9 Å². The predicted octanol–water partition coefficient (Wildman–Crippen LogP) is 4.65. The average Bonchev–Trinajstić information content (AvgIpc) is 2.50. The van der Waals surface area contributed by atoms with Gasteiger partial charge >= 0.3 is 6.36 Å². The molecule has 1 amide bonds. The standard InChI is InChI=1S/C16H13ClF3NO3/c17-13-3-1-2-4-14(13)23-10-9-15(22)21-11-5-7-12(8-6-11)24-16(18,19)20/h1-8H,9-10H2,(H,21,22). The molecule has 0 aliphatic heterocycles. The number of amides is 1. The quantitative estimate of drug-likeness (QED) is 0.817. The molecule has 0 saturated carbocycles. The lowest BCUT2D eigenvalue weighted by molar-refractivity contribution is -0.274. The minimum Gasteiger partial charge on any atom is -0.491 e. The number of para-hydroxylation sites is 1. The van der Waals surface area contributed by atoms with Gasteiger partial charge in [0.25, 0.3) is 0 Å². The lowest BCUT2D eigenvalue weighted by atomic mass is 10.3. The molecule has 0 atom stereocenters. The van der Waals surface area contributed by atoms with E-state index in [0.717, 1.165) is 12.1 Å². The molecule has 0 fully saturated rings. The molecule has 0 heterocycles. The number of hydrogen-bond donors (Lipinski definition) is 1. The van der Waals surface area contributed by atoms with Gasteiger partial charge in [0, 0.05) is 5.69 Å². The van der Waals surface area contributed by atoms with Crippen molar-refractivity contribution in [1.29, 1.82) is 0 Å². The third-order valence-corrected chi connectivity index (χ3v) is 3.11. The van der Waals surface area contributed by atoms with Gasteiger partial charge in [0.2, 0.25) is 5.91 Å². The van der Waals surface area contributed by atoms with E-state index in [4.69, 9.17) is 16.3 Å². The molecule has 0 saturated heterocycles. The topological polar surface area (TPSA) is 47.6 Å². The van der Waals surface area contributed by atoms with E-state index in [1.54, 1.807) is 24.3 Å². The van der Waals surface area contributed by atoms with Crippen molar-refractivity contribution in [3.8, 4) is 11.5 Å². The highest BCUT2D eigenvalue weighted by Gasteiger charge is 2.30. The number of ether oxygens (including phenoxy) is 2. The maximum Gasteiger partial charge on any atom is 0.573 e. The molecule has 8 heteroatoms. The molecule has 2 rings (SSSR count). The Hall–Kier alpha value is -2.41. The van der Waals surface area contributed by atoms with Crippen LogP contribution in [-0.4, -0.2) is 18.9 Å². The number of hydrogen-bond acceptors (Lipinski definition) is 3. The molecule has 0 aromatic heterocycles. The SMILES string of the molecule is O=C(CCOc1ccccc1Cl)Nc1ccc(OC(F)(F)F)cc1. The predicted molar refractivity (Wildman–Crippen MR) is 83.3 cm³/mol. The number of nitrogens with one attached hydrogen (secondary N) is 1. The summed E-state index contributed by atoms with van der Waals surface area (Å²) in [6.07, 6.45) is -4.69. The summed E-state index contributed by atoms with van der Waals surface area (Å²) in [5.41, 5.74) is 0.354. The van der Waals surface area contributed by atoms with Gasteiger partial charge in [-0.1, -0.05) is 23.7 Å². The van der Waals surface area contributed by atoms with E-state index in [0.29, 0.717) is 16.5 Å². The monoisotopic (exact) mass is 359 g/mol. The Morgan fingerprint density at radius 1 is 1.08 bits per heavy atom. The fourth-order valence-corrected chi connectivity index (χ4v) is 1.97. The molecular formula is C16H13ClF3NO3. The normalized spacial score (nSPS) is 11.0. The highest BCUT2D eigenvalue weighted by atomic mass is 35.5. The molecule has 0 bridgehead atoms. The van der Waals surface area contributed by atoms with E-state index in [1.165, 1.54) is 12.1 Å². The molecule has 2 aromatic carbocycles. The minimum atomic E-state index is -4.75. The Balaban J connectivity index is 1.79.